The van der Waals surface area contributed by atoms with Crippen LogP contribution >= 0.6 is 0 Å². The Kier molecular flexibility index (Phi) is 20.0. The molecule has 0 aromatic heterocycles. The van der Waals surface area contributed by atoms with E-state index in [-0.39, 0.29) is 13.2 Å². The first-order valence-electron chi connectivity index (χ1n) is 10.5. The van der Waals surface area contributed by atoms with E-state index in [1.54, 1.807) is 25.1 Å². The number of carbonyl (C=O) groups excluding carboxylic acids is 3. The number of nitrogens with one attached hydrogen (secondary N) is 2. The summed E-state index contributed by atoms with van der Waals surface area (Å²) in [5.41, 5.74) is 1.86. The number of hydrogen-bond donors (Lipinski definition) is 2. The molecule has 0 saturated carbocycles. The summed E-state index contributed by atoms with van der Waals surface area (Å²) in [5, 5.41) is 5.01. The van der Waals surface area contributed by atoms with Crippen molar-refractivity contribution < 1.29 is 28.6 Å². The zero-order valence-electron chi connectivity index (χ0n) is 19.7. The zero-order chi connectivity index (χ0) is 24.1. The average Bonchev–Trinajstić information content (AvgIpc) is 2.76. The van der Waals surface area contributed by atoms with Crippen LogP contribution < -0.4 is 10.6 Å². The first kappa shape index (κ1) is 30.3. The molecule has 8 heteroatoms. The maximum absolute atomic E-state index is 11.6. The van der Waals surface area contributed by atoms with Crippen LogP contribution in [0.2, 0.25) is 0 Å². The quantitative estimate of drug-likeness (QED) is 0.216. The Morgan fingerprint density at radius 2 is 1.81 bits per heavy atom. The molecule has 0 aliphatic rings. The van der Waals surface area contributed by atoms with Crippen molar-refractivity contribution in [1.82, 2.24) is 0 Å². The number of aryl methyl sites for hydroxylation is 1. The van der Waals surface area contributed by atoms with Crippen LogP contribution in [0.1, 0.15) is 53.0 Å². The van der Waals surface area contributed by atoms with E-state index in [1.165, 1.54) is 12.8 Å². The van der Waals surface area contributed by atoms with Gasteiger partial charge in [-0.15, -0.1) is 0 Å². The summed E-state index contributed by atoms with van der Waals surface area (Å²) in [6, 6.07) is 5.05. The summed E-state index contributed by atoms with van der Waals surface area (Å²) in [6.45, 7) is 16.1. The Balaban J connectivity index is 0. The summed E-state index contributed by atoms with van der Waals surface area (Å²) in [4.78, 5) is 32.7. The molecule has 0 aliphatic carbocycles. The molecular weight excluding hydrogens is 400 g/mol. The van der Waals surface area contributed by atoms with Gasteiger partial charge in [0.15, 0.2) is 0 Å². The molecular formula is C23H38N2O6. The van der Waals surface area contributed by atoms with Gasteiger partial charge in [-0.3, -0.25) is 10.1 Å². The number of benzene rings is 1. The molecule has 1 unspecified atom stereocenters. The van der Waals surface area contributed by atoms with Gasteiger partial charge in [-0.1, -0.05) is 39.8 Å². The number of hydrogen-bond acceptors (Lipinski definition) is 6. The van der Waals surface area contributed by atoms with Crippen LogP contribution in [0.25, 0.3) is 0 Å². The molecule has 2 N–H and O–H groups in total. The minimum Gasteiger partial charge on any atom is -0.459 e. The summed E-state index contributed by atoms with van der Waals surface area (Å²) >= 11 is 0. The normalized spacial score (nSPS) is 10.1. The standard InChI is InChI=1S/C14H16N2O5.C7H16O.C2H6/c1-3-13(18)20-6-7-21-14(19)16-12-8-11(15-9-17)5-4-10(12)2;1-4-6-7(3)8-5-2;1-2/h3-5,8-9H,1,6-7H2,2H3,(H,15,17)(H,16,19);7H,4-6H2,1-3H3;1-2H3. The lowest BCUT2D eigenvalue weighted by molar-refractivity contribution is -0.138. The van der Waals surface area contributed by atoms with Crippen molar-refractivity contribution in [3.63, 3.8) is 0 Å². The summed E-state index contributed by atoms with van der Waals surface area (Å²) < 4.78 is 14.8. The molecule has 8 nitrogen and oxygen atoms in total. The lowest BCUT2D eigenvalue weighted by Gasteiger charge is -2.10. The Labute approximate surface area is 186 Å². The van der Waals surface area contributed by atoms with Gasteiger partial charge >= 0.3 is 12.1 Å². The van der Waals surface area contributed by atoms with Gasteiger partial charge in [0.1, 0.15) is 13.2 Å². The van der Waals surface area contributed by atoms with Crippen LogP contribution in [-0.4, -0.2) is 44.4 Å². The Bertz CT molecular complexity index is 643. The number of esters is 1. The summed E-state index contributed by atoms with van der Waals surface area (Å²) in [5.74, 6) is -0.581. The molecule has 1 rings (SSSR count). The van der Waals surface area contributed by atoms with E-state index in [0.29, 0.717) is 23.9 Å². The highest BCUT2D eigenvalue weighted by atomic mass is 16.6. The lowest BCUT2D eigenvalue weighted by Crippen LogP contribution is -2.18. The molecule has 0 radical (unpaired) electrons. The first-order chi connectivity index (χ1) is 14.9. The maximum atomic E-state index is 11.6. The van der Waals surface area contributed by atoms with Crippen LogP contribution in [-0.2, 0) is 23.8 Å². The number of ether oxygens (including phenoxy) is 3. The van der Waals surface area contributed by atoms with Gasteiger partial charge in [0.2, 0.25) is 6.41 Å². The molecule has 1 atom stereocenters. The van der Waals surface area contributed by atoms with Gasteiger partial charge in [0, 0.05) is 24.1 Å². The topological polar surface area (TPSA) is 103 Å². The molecule has 0 saturated heterocycles. The van der Waals surface area contributed by atoms with Crippen LogP contribution in [0.5, 0.6) is 0 Å². The van der Waals surface area contributed by atoms with Crippen molar-refractivity contribution in [3.8, 4) is 0 Å². The lowest BCUT2D eigenvalue weighted by atomic mass is 10.2. The first-order valence-corrected chi connectivity index (χ1v) is 10.5. The van der Waals surface area contributed by atoms with Crippen molar-refractivity contribution in [2.24, 2.45) is 0 Å². The summed E-state index contributed by atoms with van der Waals surface area (Å²) in [7, 11) is 0. The molecule has 0 bridgehead atoms. The molecule has 0 fully saturated rings. The van der Waals surface area contributed by atoms with E-state index in [0.717, 1.165) is 18.2 Å². The van der Waals surface area contributed by atoms with Gasteiger partial charge < -0.3 is 19.5 Å². The Hall–Kier alpha value is -2.87. The third-order valence-corrected chi connectivity index (χ3v) is 3.57. The minimum atomic E-state index is -0.684. The Morgan fingerprint density at radius 3 is 2.35 bits per heavy atom. The predicted molar refractivity (Wildman–Crippen MR) is 124 cm³/mol. The molecule has 0 aliphatic heterocycles. The van der Waals surface area contributed by atoms with Crippen LogP contribution in [0.4, 0.5) is 16.2 Å². The molecule has 1 aromatic rings. The third kappa shape index (κ3) is 16.6. The van der Waals surface area contributed by atoms with Gasteiger partial charge in [-0.05, 0) is 44.9 Å². The molecule has 0 spiro atoms. The zero-order valence-corrected chi connectivity index (χ0v) is 19.7. The largest absolute Gasteiger partial charge is 0.459 e. The van der Waals surface area contributed by atoms with E-state index >= 15 is 0 Å². The fourth-order valence-electron chi connectivity index (χ4n) is 2.17. The monoisotopic (exact) mass is 438 g/mol. The van der Waals surface area contributed by atoms with E-state index < -0.39 is 12.1 Å². The van der Waals surface area contributed by atoms with Crippen molar-refractivity contribution in [2.75, 3.05) is 30.5 Å². The second-order valence-electron chi connectivity index (χ2n) is 5.98. The second kappa shape index (κ2) is 20.4. The third-order valence-electron chi connectivity index (χ3n) is 3.57. The van der Waals surface area contributed by atoms with Crippen molar-refractivity contribution in [1.29, 1.82) is 0 Å². The molecule has 1 aromatic carbocycles. The van der Waals surface area contributed by atoms with Crippen molar-refractivity contribution in [3.05, 3.63) is 36.4 Å². The van der Waals surface area contributed by atoms with Crippen molar-refractivity contribution in [2.45, 2.75) is 60.5 Å². The van der Waals surface area contributed by atoms with Crippen LogP contribution in [0.15, 0.2) is 30.9 Å². The second-order valence-corrected chi connectivity index (χ2v) is 5.98. The highest BCUT2D eigenvalue weighted by Crippen LogP contribution is 2.20. The Morgan fingerprint density at radius 1 is 1.16 bits per heavy atom. The molecule has 31 heavy (non-hydrogen) atoms. The minimum absolute atomic E-state index is 0.0516. The van der Waals surface area contributed by atoms with Crippen LogP contribution in [0.3, 0.4) is 0 Å². The van der Waals surface area contributed by atoms with Gasteiger partial charge in [-0.25, -0.2) is 9.59 Å². The average molecular weight is 439 g/mol. The molecule has 2 amide bonds. The fraction of sp³-hybridized carbons (Fsp3) is 0.522. The molecule has 0 heterocycles. The van der Waals surface area contributed by atoms with E-state index in [4.69, 9.17) is 9.47 Å². The number of amides is 2. The predicted octanol–water partition coefficient (Wildman–Crippen LogP) is 5.08. The highest BCUT2D eigenvalue weighted by molar-refractivity contribution is 5.87. The van der Waals surface area contributed by atoms with Gasteiger partial charge in [0.05, 0.1) is 6.10 Å². The number of carbonyl (C=O) groups is 3. The highest BCUT2D eigenvalue weighted by Gasteiger charge is 2.07. The smallest absolute Gasteiger partial charge is 0.411 e. The van der Waals surface area contributed by atoms with Gasteiger partial charge in [-0.2, -0.15) is 0 Å². The SMILES string of the molecule is C=CC(=O)OCCOC(=O)Nc1cc(NC=O)ccc1C.CC.CCCC(C)OCC. The van der Waals surface area contributed by atoms with Gasteiger partial charge in [0.25, 0.3) is 0 Å². The van der Waals surface area contributed by atoms with E-state index in [2.05, 4.69) is 35.8 Å². The van der Waals surface area contributed by atoms with E-state index in [1.807, 2.05) is 20.8 Å². The summed E-state index contributed by atoms with van der Waals surface area (Å²) in [6.07, 6.45) is 3.76. The molecule has 176 valence electrons. The van der Waals surface area contributed by atoms with E-state index in [9.17, 15) is 14.4 Å². The fourth-order valence-corrected chi connectivity index (χ4v) is 2.17. The number of rotatable bonds is 11. The van der Waals surface area contributed by atoms with Crippen LogP contribution in [0, 0.1) is 6.92 Å². The maximum Gasteiger partial charge on any atom is 0.411 e. The van der Waals surface area contributed by atoms with Crippen molar-refractivity contribution >= 4 is 29.8 Å². The number of anilines is 2.